The molecule has 3 fully saturated rings. The van der Waals surface area contributed by atoms with Crippen LogP contribution in [-0.4, -0.2) is 30.5 Å². The Morgan fingerprint density at radius 3 is 2.40 bits per heavy atom. The van der Waals surface area contributed by atoms with Gasteiger partial charge < -0.3 is 15.6 Å². The zero-order chi connectivity index (χ0) is 14.1. The summed E-state index contributed by atoms with van der Waals surface area (Å²) in [4.78, 5) is 0. The van der Waals surface area contributed by atoms with Gasteiger partial charge >= 0.3 is 0 Å². The summed E-state index contributed by atoms with van der Waals surface area (Å²) < 4.78 is 5.67. The molecular weight excluding hydrogens is 250 g/mol. The predicted octanol–water partition coefficient (Wildman–Crippen LogP) is 2.85. The third-order valence-corrected chi connectivity index (χ3v) is 6.57. The number of aliphatic hydroxyl groups is 1. The lowest BCUT2D eigenvalue weighted by Gasteiger charge is -2.54. The van der Waals surface area contributed by atoms with Gasteiger partial charge in [-0.1, -0.05) is 44.9 Å². The molecule has 1 saturated heterocycles. The molecule has 0 radical (unpaired) electrons. The van der Waals surface area contributed by atoms with Crippen LogP contribution < -0.4 is 5.73 Å². The lowest BCUT2D eigenvalue weighted by Crippen LogP contribution is -2.60. The normalized spacial score (nSPS) is 43.8. The summed E-state index contributed by atoms with van der Waals surface area (Å²) in [6.45, 7) is 2.02. The highest BCUT2D eigenvalue weighted by Crippen LogP contribution is 2.53. The molecular formula is C17H31NO2. The Morgan fingerprint density at radius 2 is 1.75 bits per heavy atom. The van der Waals surface area contributed by atoms with Crippen LogP contribution >= 0.6 is 0 Å². The smallest absolute Gasteiger partial charge is 0.0769 e. The molecule has 3 aliphatic rings. The largest absolute Gasteiger partial charge is 0.389 e. The van der Waals surface area contributed by atoms with Crippen molar-refractivity contribution in [2.24, 2.45) is 23.0 Å². The second-order valence-corrected chi connectivity index (χ2v) is 7.46. The number of nitrogens with two attached hydrogens (primary N) is 1. The Labute approximate surface area is 123 Å². The molecule has 20 heavy (non-hydrogen) atoms. The van der Waals surface area contributed by atoms with Crippen molar-refractivity contribution < 1.29 is 9.84 Å². The van der Waals surface area contributed by atoms with Gasteiger partial charge in [-0.25, -0.2) is 0 Å². The van der Waals surface area contributed by atoms with Gasteiger partial charge in [0.1, 0.15) is 0 Å². The maximum Gasteiger partial charge on any atom is 0.0769 e. The van der Waals surface area contributed by atoms with E-state index >= 15 is 0 Å². The van der Waals surface area contributed by atoms with E-state index < -0.39 is 5.60 Å². The van der Waals surface area contributed by atoms with E-state index in [4.69, 9.17) is 10.5 Å². The molecule has 0 aromatic carbocycles. The molecule has 0 bridgehead atoms. The summed E-state index contributed by atoms with van der Waals surface area (Å²) in [5.41, 5.74) is 5.39. The Hall–Kier alpha value is -0.120. The van der Waals surface area contributed by atoms with Crippen LogP contribution in [0.15, 0.2) is 0 Å². The summed E-state index contributed by atoms with van der Waals surface area (Å²) in [7, 11) is 0. The average molecular weight is 281 g/mol. The molecule has 3 N–H and O–H groups in total. The highest BCUT2D eigenvalue weighted by molar-refractivity contribution is 5.08. The van der Waals surface area contributed by atoms with E-state index in [1.807, 2.05) is 0 Å². The van der Waals surface area contributed by atoms with Crippen molar-refractivity contribution >= 4 is 0 Å². The van der Waals surface area contributed by atoms with E-state index in [0.29, 0.717) is 19.1 Å². The van der Waals surface area contributed by atoms with Crippen LogP contribution in [0.4, 0.5) is 0 Å². The van der Waals surface area contributed by atoms with E-state index in [0.717, 1.165) is 31.8 Å². The topological polar surface area (TPSA) is 55.5 Å². The Morgan fingerprint density at radius 1 is 1.00 bits per heavy atom. The maximum atomic E-state index is 11.7. The highest BCUT2D eigenvalue weighted by atomic mass is 16.5. The number of hydrogen-bond acceptors (Lipinski definition) is 3. The predicted molar refractivity (Wildman–Crippen MR) is 80.4 cm³/mol. The molecule has 0 amide bonds. The minimum atomic E-state index is -0.571. The first-order chi connectivity index (χ1) is 9.72. The first kappa shape index (κ1) is 14.8. The molecule has 3 heteroatoms. The average Bonchev–Trinajstić information content (AvgIpc) is 2.99. The second-order valence-electron chi connectivity index (χ2n) is 7.46. The van der Waals surface area contributed by atoms with Gasteiger partial charge in [0.25, 0.3) is 0 Å². The SMILES string of the molecule is NCC1(C2(O)CCCCC2C2CCCCC2)CCOC1. The van der Waals surface area contributed by atoms with Crippen molar-refractivity contribution in [3.05, 3.63) is 0 Å². The van der Waals surface area contributed by atoms with Crippen LogP contribution in [0.1, 0.15) is 64.2 Å². The van der Waals surface area contributed by atoms with E-state index in [1.54, 1.807) is 0 Å². The first-order valence-electron chi connectivity index (χ1n) is 8.72. The summed E-state index contributed by atoms with van der Waals surface area (Å²) >= 11 is 0. The fraction of sp³-hybridized carbons (Fsp3) is 1.00. The van der Waals surface area contributed by atoms with Gasteiger partial charge in [0.15, 0.2) is 0 Å². The van der Waals surface area contributed by atoms with Gasteiger partial charge in [-0.05, 0) is 31.1 Å². The summed E-state index contributed by atoms with van der Waals surface area (Å²) in [6.07, 6.45) is 12.2. The summed E-state index contributed by atoms with van der Waals surface area (Å²) in [5, 5.41) is 11.7. The van der Waals surface area contributed by atoms with Gasteiger partial charge in [-0.3, -0.25) is 0 Å². The van der Waals surface area contributed by atoms with Gasteiger partial charge in [0, 0.05) is 18.6 Å². The van der Waals surface area contributed by atoms with Crippen LogP contribution in [0.2, 0.25) is 0 Å². The maximum absolute atomic E-state index is 11.7. The summed E-state index contributed by atoms with van der Waals surface area (Å²) in [5.74, 6) is 1.18. The molecule has 3 nitrogen and oxygen atoms in total. The lowest BCUT2D eigenvalue weighted by atomic mass is 9.55. The third-order valence-electron chi connectivity index (χ3n) is 6.57. The van der Waals surface area contributed by atoms with Gasteiger partial charge in [0.2, 0.25) is 0 Å². The first-order valence-corrected chi connectivity index (χ1v) is 8.72. The molecule has 2 saturated carbocycles. The molecule has 1 heterocycles. The molecule has 0 aromatic heterocycles. The Bertz CT molecular complexity index is 321. The van der Waals surface area contributed by atoms with E-state index in [9.17, 15) is 5.11 Å². The fourth-order valence-electron chi connectivity index (χ4n) is 5.29. The van der Waals surface area contributed by atoms with E-state index in [1.165, 1.54) is 44.9 Å². The standard InChI is InChI=1S/C17H31NO2/c18-12-16(10-11-20-13-16)17(19)9-5-4-8-15(17)14-6-2-1-3-7-14/h14-15,19H,1-13,18H2. The zero-order valence-corrected chi connectivity index (χ0v) is 12.8. The van der Waals surface area contributed by atoms with Gasteiger partial charge in [-0.15, -0.1) is 0 Å². The molecule has 116 valence electrons. The third kappa shape index (κ3) is 2.32. The van der Waals surface area contributed by atoms with Crippen molar-refractivity contribution in [1.82, 2.24) is 0 Å². The zero-order valence-electron chi connectivity index (χ0n) is 12.8. The van der Waals surface area contributed by atoms with E-state index in [2.05, 4.69) is 0 Å². The molecule has 2 aliphatic carbocycles. The number of rotatable bonds is 3. The van der Waals surface area contributed by atoms with Crippen LogP contribution in [0.5, 0.6) is 0 Å². The molecule has 0 aromatic rings. The minimum Gasteiger partial charge on any atom is -0.389 e. The van der Waals surface area contributed by atoms with Crippen molar-refractivity contribution in [2.75, 3.05) is 19.8 Å². The monoisotopic (exact) mass is 281 g/mol. The van der Waals surface area contributed by atoms with Crippen molar-refractivity contribution in [1.29, 1.82) is 0 Å². The van der Waals surface area contributed by atoms with Crippen LogP contribution in [0.3, 0.4) is 0 Å². The molecule has 3 rings (SSSR count). The lowest BCUT2D eigenvalue weighted by molar-refractivity contribution is -0.162. The highest BCUT2D eigenvalue weighted by Gasteiger charge is 2.57. The van der Waals surface area contributed by atoms with E-state index in [-0.39, 0.29) is 5.41 Å². The van der Waals surface area contributed by atoms with Crippen LogP contribution in [0.25, 0.3) is 0 Å². The molecule has 0 spiro atoms. The molecule has 1 aliphatic heterocycles. The number of ether oxygens (including phenoxy) is 1. The minimum absolute atomic E-state index is 0.171. The van der Waals surface area contributed by atoms with Gasteiger partial charge in [-0.2, -0.15) is 0 Å². The molecule has 3 atom stereocenters. The molecule has 3 unspecified atom stereocenters. The number of hydrogen-bond donors (Lipinski definition) is 2. The van der Waals surface area contributed by atoms with Gasteiger partial charge in [0.05, 0.1) is 12.2 Å². The Kier molecular flexibility index (Phi) is 4.40. The van der Waals surface area contributed by atoms with Crippen LogP contribution in [0, 0.1) is 17.3 Å². The fourth-order valence-corrected chi connectivity index (χ4v) is 5.29. The Balaban J connectivity index is 1.86. The van der Waals surface area contributed by atoms with Crippen molar-refractivity contribution in [2.45, 2.75) is 69.8 Å². The van der Waals surface area contributed by atoms with Crippen molar-refractivity contribution in [3.63, 3.8) is 0 Å². The quantitative estimate of drug-likeness (QED) is 0.836. The summed E-state index contributed by atoms with van der Waals surface area (Å²) in [6, 6.07) is 0. The van der Waals surface area contributed by atoms with Crippen molar-refractivity contribution in [3.8, 4) is 0 Å². The van der Waals surface area contributed by atoms with Crippen LogP contribution in [-0.2, 0) is 4.74 Å². The second kappa shape index (κ2) is 5.94.